The van der Waals surface area contributed by atoms with Crippen molar-refractivity contribution in [2.24, 2.45) is 0 Å². The first-order valence-electron chi connectivity index (χ1n) is 5.04. The molecule has 14 heavy (non-hydrogen) atoms. The van der Waals surface area contributed by atoms with Crippen LogP contribution >= 0.6 is 0 Å². The molecule has 0 aromatic rings. The van der Waals surface area contributed by atoms with Gasteiger partial charge in [0.15, 0.2) is 0 Å². The van der Waals surface area contributed by atoms with E-state index in [1.54, 1.807) is 4.90 Å². The average molecular weight is 197 g/mol. The minimum atomic E-state index is -0.397. The normalized spacial score (nSPS) is 21.4. The van der Waals surface area contributed by atoms with Gasteiger partial charge in [-0.3, -0.25) is 0 Å². The topological polar surface area (TPSA) is 29.5 Å². The van der Waals surface area contributed by atoms with Crippen LogP contribution in [0.3, 0.4) is 0 Å². The molecular formula is C11H19NO2. The summed E-state index contributed by atoms with van der Waals surface area (Å²) in [6, 6.07) is 0.308. The van der Waals surface area contributed by atoms with Gasteiger partial charge in [0.1, 0.15) is 5.60 Å². The lowest BCUT2D eigenvalue weighted by Crippen LogP contribution is -2.52. The van der Waals surface area contributed by atoms with Crippen LogP contribution < -0.4 is 0 Å². The second-order valence-electron chi connectivity index (χ2n) is 4.64. The maximum atomic E-state index is 11.6. The molecule has 0 spiro atoms. The van der Waals surface area contributed by atoms with Gasteiger partial charge in [0, 0.05) is 12.6 Å². The molecule has 0 aliphatic carbocycles. The van der Waals surface area contributed by atoms with E-state index >= 15 is 0 Å². The van der Waals surface area contributed by atoms with Gasteiger partial charge in [0.2, 0.25) is 0 Å². The molecule has 1 saturated heterocycles. The lowest BCUT2D eigenvalue weighted by atomic mass is 10.0. The molecule has 0 bridgehead atoms. The molecule has 1 fully saturated rings. The molecule has 0 radical (unpaired) electrons. The Kier molecular flexibility index (Phi) is 3.19. The Labute approximate surface area is 85.7 Å². The largest absolute Gasteiger partial charge is 0.444 e. The van der Waals surface area contributed by atoms with E-state index in [2.05, 4.69) is 6.58 Å². The van der Waals surface area contributed by atoms with E-state index in [1.165, 1.54) is 0 Å². The van der Waals surface area contributed by atoms with Gasteiger partial charge in [0.05, 0.1) is 0 Å². The molecule has 80 valence electrons. The molecule has 3 nitrogen and oxygen atoms in total. The van der Waals surface area contributed by atoms with E-state index in [4.69, 9.17) is 4.74 Å². The van der Waals surface area contributed by atoms with Crippen LogP contribution in [0.4, 0.5) is 4.79 Å². The zero-order chi connectivity index (χ0) is 10.8. The number of rotatable bonds is 2. The SMILES string of the molecule is C=CCC1CCN1C(=O)OC(C)(C)C. The second kappa shape index (κ2) is 4.03. The van der Waals surface area contributed by atoms with Crippen molar-refractivity contribution in [2.45, 2.75) is 45.3 Å². The number of carbonyl (C=O) groups is 1. The van der Waals surface area contributed by atoms with Gasteiger partial charge in [-0.05, 0) is 33.6 Å². The fourth-order valence-electron chi connectivity index (χ4n) is 1.44. The minimum absolute atomic E-state index is 0.199. The summed E-state index contributed by atoms with van der Waals surface area (Å²) in [6.07, 6.45) is 3.57. The summed E-state index contributed by atoms with van der Waals surface area (Å²) in [7, 11) is 0. The fourth-order valence-corrected chi connectivity index (χ4v) is 1.44. The molecule has 1 heterocycles. The Balaban J connectivity index is 2.42. The third kappa shape index (κ3) is 2.76. The van der Waals surface area contributed by atoms with Crippen LogP contribution in [0.15, 0.2) is 12.7 Å². The lowest BCUT2D eigenvalue weighted by Gasteiger charge is -2.41. The first kappa shape index (κ1) is 11.1. The maximum absolute atomic E-state index is 11.6. The number of likely N-dealkylation sites (tertiary alicyclic amines) is 1. The Morgan fingerprint density at radius 1 is 1.64 bits per heavy atom. The van der Waals surface area contributed by atoms with Gasteiger partial charge in [0.25, 0.3) is 0 Å². The summed E-state index contributed by atoms with van der Waals surface area (Å²) in [6.45, 7) is 10.1. The lowest BCUT2D eigenvalue weighted by molar-refractivity contribution is -0.00450. The number of nitrogens with zero attached hydrogens (tertiary/aromatic N) is 1. The number of amides is 1. The highest BCUT2D eigenvalue weighted by molar-refractivity contribution is 5.69. The van der Waals surface area contributed by atoms with Crippen molar-refractivity contribution in [1.29, 1.82) is 0 Å². The molecule has 1 aliphatic rings. The summed E-state index contributed by atoms with van der Waals surface area (Å²) in [5.74, 6) is 0. The minimum Gasteiger partial charge on any atom is -0.444 e. The Hall–Kier alpha value is -0.990. The van der Waals surface area contributed by atoms with Crippen LogP contribution in [-0.2, 0) is 4.74 Å². The van der Waals surface area contributed by atoms with Crippen molar-refractivity contribution in [3.63, 3.8) is 0 Å². The summed E-state index contributed by atoms with van der Waals surface area (Å²) in [4.78, 5) is 13.4. The fraction of sp³-hybridized carbons (Fsp3) is 0.727. The van der Waals surface area contributed by atoms with Crippen LogP contribution in [0.1, 0.15) is 33.6 Å². The van der Waals surface area contributed by atoms with E-state index in [-0.39, 0.29) is 6.09 Å². The van der Waals surface area contributed by atoms with Crippen molar-refractivity contribution < 1.29 is 9.53 Å². The molecule has 1 atom stereocenters. The molecule has 0 aromatic heterocycles. The molecule has 0 aromatic carbocycles. The third-order valence-electron chi connectivity index (χ3n) is 2.21. The number of hydrogen-bond donors (Lipinski definition) is 0. The second-order valence-corrected chi connectivity index (χ2v) is 4.64. The molecule has 1 amide bonds. The highest BCUT2D eigenvalue weighted by atomic mass is 16.6. The van der Waals surface area contributed by atoms with Crippen molar-refractivity contribution in [2.75, 3.05) is 6.54 Å². The quantitative estimate of drug-likeness (QED) is 0.637. The van der Waals surface area contributed by atoms with E-state index in [1.807, 2.05) is 26.8 Å². The molecular weight excluding hydrogens is 178 g/mol. The molecule has 0 N–H and O–H groups in total. The summed E-state index contributed by atoms with van der Waals surface area (Å²) in [5, 5.41) is 0. The maximum Gasteiger partial charge on any atom is 0.410 e. The first-order valence-corrected chi connectivity index (χ1v) is 5.04. The van der Waals surface area contributed by atoms with Crippen LogP contribution in [-0.4, -0.2) is 29.2 Å². The van der Waals surface area contributed by atoms with Gasteiger partial charge in [-0.2, -0.15) is 0 Å². The number of ether oxygens (including phenoxy) is 1. The molecule has 0 saturated carbocycles. The van der Waals surface area contributed by atoms with E-state index in [0.717, 1.165) is 19.4 Å². The van der Waals surface area contributed by atoms with E-state index in [9.17, 15) is 4.79 Å². The molecule has 1 aliphatic heterocycles. The van der Waals surface area contributed by atoms with Gasteiger partial charge >= 0.3 is 6.09 Å². The van der Waals surface area contributed by atoms with Crippen LogP contribution in [0.5, 0.6) is 0 Å². The van der Waals surface area contributed by atoms with Crippen LogP contribution in [0, 0.1) is 0 Å². The van der Waals surface area contributed by atoms with Crippen molar-refractivity contribution in [3.8, 4) is 0 Å². The van der Waals surface area contributed by atoms with Crippen LogP contribution in [0.25, 0.3) is 0 Å². The Morgan fingerprint density at radius 2 is 2.29 bits per heavy atom. The van der Waals surface area contributed by atoms with E-state index in [0.29, 0.717) is 6.04 Å². The number of hydrogen-bond acceptors (Lipinski definition) is 2. The number of carbonyl (C=O) groups excluding carboxylic acids is 1. The van der Waals surface area contributed by atoms with Crippen LogP contribution in [0.2, 0.25) is 0 Å². The van der Waals surface area contributed by atoms with Crippen molar-refractivity contribution in [3.05, 3.63) is 12.7 Å². The monoisotopic (exact) mass is 197 g/mol. The van der Waals surface area contributed by atoms with E-state index < -0.39 is 5.60 Å². The predicted molar refractivity (Wildman–Crippen MR) is 56.2 cm³/mol. The summed E-state index contributed by atoms with van der Waals surface area (Å²) in [5.41, 5.74) is -0.397. The highest BCUT2D eigenvalue weighted by Crippen LogP contribution is 2.23. The van der Waals surface area contributed by atoms with Crippen molar-refractivity contribution in [1.82, 2.24) is 4.90 Å². The molecule has 1 unspecified atom stereocenters. The van der Waals surface area contributed by atoms with Gasteiger partial charge in [-0.1, -0.05) is 6.08 Å². The molecule has 3 heteroatoms. The third-order valence-corrected chi connectivity index (χ3v) is 2.21. The smallest absolute Gasteiger partial charge is 0.410 e. The zero-order valence-corrected chi connectivity index (χ0v) is 9.25. The van der Waals surface area contributed by atoms with Crippen molar-refractivity contribution >= 4 is 6.09 Å². The Morgan fingerprint density at radius 3 is 2.64 bits per heavy atom. The predicted octanol–water partition coefficient (Wildman–Crippen LogP) is 2.57. The summed E-state index contributed by atoms with van der Waals surface area (Å²) < 4.78 is 5.27. The Bertz CT molecular complexity index is 230. The zero-order valence-electron chi connectivity index (χ0n) is 9.25. The molecule has 1 rings (SSSR count). The average Bonchev–Trinajstić information content (AvgIpc) is 1.93. The summed E-state index contributed by atoms with van der Waals surface area (Å²) >= 11 is 0. The highest BCUT2D eigenvalue weighted by Gasteiger charge is 2.33. The van der Waals surface area contributed by atoms with Gasteiger partial charge in [-0.15, -0.1) is 6.58 Å². The standard InChI is InChI=1S/C11H19NO2/c1-5-6-9-7-8-12(9)10(13)14-11(2,3)4/h5,9H,1,6-8H2,2-4H3. The van der Waals surface area contributed by atoms with Gasteiger partial charge < -0.3 is 9.64 Å². The van der Waals surface area contributed by atoms with Gasteiger partial charge in [-0.25, -0.2) is 4.79 Å². The first-order chi connectivity index (χ1) is 6.44.